The van der Waals surface area contributed by atoms with Gasteiger partial charge in [-0.2, -0.15) is 13.4 Å². The molecular weight excluding hydrogens is 413 g/mol. The molecule has 0 spiro atoms. The van der Waals surface area contributed by atoms with Gasteiger partial charge >= 0.3 is 16.1 Å². The molecule has 0 saturated heterocycles. The zero-order chi connectivity index (χ0) is 22.6. The highest BCUT2D eigenvalue weighted by molar-refractivity contribution is 7.89. The van der Waals surface area contributed by atoms with Gasteiger partial charge in [0.2, 0.25) is 5.91 Å². The summed E-state index contributed by atoms with van der Waals surface area (Å²) in [7, 11) is -4.42. The number of hydrogen-bond acceptors (Lipinski definition) is 6. The molecule has 0 fully saturated rings. The quantitative estimate of drug-likeness (QED) is 0.594. The molecule has 0 bridgehead atoms. The maximum absolute atomic E-state index is 14.0. The van der Waals surface area contributed by atoms with Crippen LogP contribution in [0.15, 0.2) is 29.6 Å². The number of urea groups is 1. The van der Waals surface area contributed by atoms with E-state index in [0.29, 0.717) is 16.8 Å². The highest BCUT2D eigenvalue weighted by Crippen LogP contribution is 2.33. The Morgan fingerprint density at radius 1 is 1.03 bits per heavy atom. The largest absolute Gasteiger partial charge is 0.333 e. The third-order valence-corrected chi connectivity index (χ3v) is 5.18. The molecule has 9 nitrogen and oxygen atoms in total. The van der Waals surface area contributed by atoms with Crippen LogP contribution in [-0.4, -0.2) is 30.3 Å². The van der Waals surface area contributed by atoms with Crippen molar-refractivity contribution >= 4 is 33.5 Å². The van der Waals surface area contributed by atoms with Crippen LogP contribution in [0.3, 0.4) is 0 Å². The van der Waals surface area contributed by atoms with Crippen molar-refractivity contribution in [3.05, 3.63) is 41.3 Å². The number of carbonyl (C=O) groups excluding carboxylic acids is 2. The fourth-order valence-electron chi connectivity index (χ4n) is 2.73. The molecule has 162 valence electrons. The van der Waals surface area contributed by atoms with Crippen molar-refractivity contribution in [1.82, 2.24) is 14.7 Å². The second-order valence-electron chi connectivity index (χ2n) is 7.23. The minimum absolute atomic E-state index is 0.0268. The Kier molecular flexibility index (Phi) is 7.08. The van der Waals surface area contributed by atoms with Crippen LogP contribution in [0.1, 0.15) is 57.6 Å². The molecule has 0 unspecified atom stereocenters. The van der Waals surface area contributed by atoms with Crippen molar-refractivity contribution in [3.8, 4) is 0 Å². The zero-order valence-corrected chi connectivity index (χ0v) is 18.1. The minimum atomic E-state index is -4.42. The van der Waals surface area contributed by atoms with Gasteiger partial charge in [0.15, 0.2) is 0 Å². The predicted octanol–water partition coefficient (Wildman–Crippen LogP) is 3.33. The standard InChI is InChI=1S/C19H24FN5O4S/c1-10(2)14-8-13(20)9-15(11(3)4)17(14)24-18(27)25-30(28,29)19-21-7-6-16(23-19)22-12(5)26/h6-11H,1-5H3,(H2,24,25,27)(H,21,22,23,26). The molecule has 0 aliphatic rings. The first-order chi connectivity index (χ1) is 13.9. The summed E-state index contributed by atoms with van der Waals surface area (Å²) in [5.74, 6) is -1.16. The molecule has 3 amide bonds. The van der Waals surface area contributed by atoms with Gasteiger partial charge in [0.25, 0.3) is 5.16 Å². The van der Waals surface area contributed by atoms with Gasteiger partial charge in [-0.25, -0.2) is 18.9 Å². The number of hydrogen-bond donors (Lipinski definition) is 3. The number of anilines is 2. The molecular formula is C19H24FN5O4S. The monoisotopic (exact) mass is 437 g/mol. The summed E-state index contributed by atoms with van der Waals surface area (Å²) in [5.41, 5.74) is 1.42. The number of halogens is 1. The SMILES string of the molecule is CC(=O)Nc1ccnc(S(=O)(=O)NC(=O)Nc2c(C(C)C)cc(F)cc2C(C)C)n1. The summed E-state index contributed by atoms with van der Waals surface area (Å²) in [6.07, 6.45) is 1.14. The first-order valence-corrected chi connectivity index (χ1v) is 10.7. The normalized spacial score (nSPS) is 11.5. The van der Waals surface area contributed by atoms with Gasteiger partial charge in [-0.1, -0.05) is 27.7 Å². The zero-order valence-electron chi connectivity index (χ0n) is 17.3. The van der Waals surface area contributed by atoms with E-state index in [0.717, 1.165) is 6.20 Å². The van der Waals surface area contributed by atoms with Crippen molar-refractivity contribution < 1.29 is 22.4 Å². The first kappa shape index (κ1) is 23.2. The lowest BCUT2D eigenvalue weighted by Crippen LogP contribution is -2.36. The van der Waals surface area contributed by atoms with Gasteiger partial charge in [0.1, 0.15) is 11.6 Å². The maximum Gasteiger partial charge on any atom is 0.333 e. The van der Waals surface area contributed by atoms with Crippen LogP contribution >= 0.6 is 0 Å². The topological polar surface area (TPSA) is 130 Å². The molecule has 1 aromatic heterocycles. The Morgan fingerprint density at radius 3 is 2.10 bits per heavy atom. The molecule has 0 saturated carbocycles. The van der Waals surface area contributed by atoms with E-state index in [2.05, 4.69) is 20.6 Å². The van der Waals surface area contributed by atoms with E-state index in [1.165, 1.54) is 25.1 Å². The number of sulfonamides is 1. The first-order valence-electron chi connectivity index (χ1n) is 9.18. The summed E-state index contributed by atoms with van der Waals surface area (Å²) in [6, 6.07) is 2.88. The van der Waals surface area contributed by atoms with Gasteiger partial charge in [0, 0.05) is 18.8 Å². The van der Waals surface area contributed by atoms with E-state index in [-0.39, 0.29) is 17.7 Å². The number of nitrogens with one attached hydrogen (secondary N) is 3. The van der Waals surface area contributed by atoms with E-state index < -0.39 is 32.9 Å². The second-order valence-corrected chi connectivity index (χ2v) is 8.81. The molecule has 11 heteroatoms. The van der Waals surface area contributed by atoms with Crippen LogP contribution in [0.5, 0.6) is 0 Å². The second kappa shape index (κ2) is 9.16. The number of aromatic nitrogens is 2. The van der Waals surface area contributed by atoms with Crippen molar-refractivity contribution in [1.29, 1.82) is 0 Å². The van der Waals surface area contributed by atoms with Crippen LogP contribution in [0.25, 0.3) is 0 Å². The average molecular weight is 437 g/mol. The van der Waals surface area contributed by atoms with Crippen LogP contribution in [0.4, 0.5) is 20.7 Å². The Hall–Kier alpha value is -3.08. The Morgan fingerprint density at radius 2 is 1.60 bits per heavy atom. The number of rotatable bonds is 6. The van der Waals surface area contributed by atoms with E-state index in [1.807, 2.05) is 32.4 Å². The molecule has 0 aliphatic heterocycles. The third-order valence-electron chi connectivity index (χ3n) is 4.05. The van der Waals surface area contributed by atoms with Crippen LogP contribution in [0.2, 0.25) is 0 Å². The highest BCUT2D eigenvalue weighted by atomic mass is 32.2. The summed E-state index contributed by atoms with van der Waals surface area (Å²) in [4.78, 5) is 31.0. The van der Waals surface area contributed by atoms with E-state index in [4.69, 9.17) is 0 Å². The number of amides is 3. The van der Waals surface area contributed by atoms with E-state index in [1.54, 1.807) is 0 Å². The van der Waals surface area contributed by atoms with Gasteiger partial charge in [0.05, 0.1) is 0 Å². The molecule has 1 heterocycles. The lowest BCUT2D eigenvalue weighted by Gasteiger charge is -2.20. The summed E-state index contributed by atoms with van der Waals surface area (Å²) in [6.45, 7) is 8.57. The van der Waals surface area contributed by atoms with Crippen LogP contribution < -0.4 is 15.4 Å². The predicted molar refractivity (Wildman–Crippen MR) is 110 cm³/mol. The number of benzene rings is 1. The number of carbonyl (C=O) groups is 2. The molecule has 0 radical (unpaired) electrons. The molecule has 0 aliphatic carbocycles. The van der Waals surface area contributed by atoms with Crippen LogP contribution in [-0.2, 0) is 14.8 Å². The van der Waals surface area contributed by atoms with Gasteiger partial charge < -0.3 is 10.6 Å². The van der Waals surface area contributed by atoms with Crippen LogP contribution in [0, 0.1) is 5.82 Å². The molecule has 30 heavy (non-hydrogen) atoms. The van der Waals surface area contributed by atoms with E-state index in [9.17, 15) is 22.4 Å². The molecule has 1 aromatic carbocycles. The fraction of sp³-hybridized carbons (Fsp3) is 0.368. The summed E-state index contributed by atoms with van der Waals surface area (Å²) >= 11 is 0. The van der Waals surface area contributed by atoms with Gasteiger partial charge in [-0.05, 0) is 41.2 Å². The third kappa shape index (κ3) is 5.72. The Balaban J connectivity index is 2.32. The number of nitrogens with zero attached hydrogens (tertiary/aromatic N) is 2. The maximum atomic E-state index is 14.0. The minimum Gasteiger partial charge on any atom is -0.311 e. The molecule has 0 atom stereocenters. The fourth-order valence-corrected chi connectivity index (χ4v) is 3.54. The van der Waals surface area contributed by atoms with E-state index >= 15 is 0 Å². The van der Waals surface area contributed by atoms with Gasteiger partial charge in [-0.3, -0.25) is 4.79 Å². The van der Waals surface area contributed by atoms with Crippen molar-refractivity contribution in [2.24, 2.45) is 0 Å². The smallest absolute Gasteiger partial charge is 0.311 e. The highest BCUT2D eigenvalue weighted by Gasteiger charge is 2.24. The van der Waals surface area contributed by atoms with Crippen molar-refractivity contribution in [2.75, 3.05) is 10.6 Å². The Labute approximate surface area is 174 Å². The molecule has 2 aromatic rings. The summed E-state index contributed by atoms with van der Waals surface area (Å²) < 4.78 is 40.8. The lowest BCUT2D eigenvalue weighted by atomic mass is 9.92. The Bertz CT molecular complexity index is 1040. The van der Waals surface area contributed by atoms with Gasteiger partial charge in [-0.15, -0.1) is 0 Å². The lowest BCUT2D eigenvalue weighted by molar-refractivity contribution is -0.114. The van der Waals surface area contributed by atoms with Crippen molar-refractivity contribution in [3.63, 3.8) is 0 Å². The van der Waals surface area contributed by atoms with Crippen molar-refractivity contribution in [2.45, 2.75) is 51.6 Å². The summed E-state index contributed by atoms with van der Waals surface area (Å²) in [5, 5.41) is 4.17. The molecule has 3 N–H and O–H groups in total. The molecule has 2 rings (SSSR count). The average Bonchev–Trinajstić information content (AvgIpc) is 2.61.